The van der Waals surface area contributed by atoms with E-state index in [9.17, 15) is 0 Å². The number of likely N-dealkylation sites (N-methyl/N-ethyl adjacent to an activating group) is 1. The highest BCUT2D eigenvalue weighted by molar-refractivity contribution is 4.67. The van der Waals surface area contributed by atoms with E-state index in [0.717, 1.165) is 19.7 Å². The summed E-state index contributed by atoms with van der Waals surface area (Å²) >= 11 is 0. The van der Waals surface area contributed by atoms with Gasteiger partial charge in [0.1, 0.15) is 0 Å². The first kappa shape index (κ1) is 12.9. The summed E-state index contributed by atoms with van der Waals surface area (Å²) in [5, 5.41) is 3.18. The minimum Gasteiger partial charge on any atom is -0.377 e. The smallest absolute Gasteiger partial charge is 0.0701 e. The molecule has 3 nitrogen and oxygen atoms in total. The van der Waals surface area contributed by atoms with Gasteiger partial charge in [0.15, 0.2) is 0 Å². The Labute approximate surface area is 94.2 Å². The summed E-state index contributed by atoms with van der Waals surface area (Å²) in [6.07, 6.45) is 6.89. The molecule has 0 aromatic carbocycles. The number of nitrogens with zero attached hydrogens (tertiary/aromatic N) is 1. The van der Waals surface area contributed by atoms with Crippen LogP contribution in [0, 0.1) is 0 Å². The lowest BCUT2D eigenvalue weighted by Crippen LogP contribution is -2.34. The number of ether oxygens (including phenoxy) is 1. The van der Waals surface area contributed by atoms with Crippen molar-refractivity contribution in [2.75, 3.05) is 40.3 Å². The van der Waals surface area contributed by atoms with E-state index in [4.69, 9.17) is 4.74 Å². The fraction of sp³-hybridized carbons (Fsp3) is 1.00. The van der Waals surface area contributed by atoms with Crippen LogP contribution in [-0.4, -0.2) is 51.3 Å². The highest BCUT2D eigenvalue weighted by Crippen LogP contribution is 2.13. The average molecular weight is 214 g/mol. The molecule has 1 unspecified atom stereocenters. The maximum absolute atomic E-state index is 5.72. The van der Waals surface area contributed by atoms with Crippen molar-refractivity contribution in [3.63, 3.8) is 0 Å². The molecule has 3 heteroatoms. The lowest BCUT2D eigenvalue weighted by molar-refractivity contribution is -0.00158. The van der Waals surface area contributed by atoms with Crippen molar-refractivity contribution in [3.05, 3.63) is 0 Å². The minimum absolute atomic E-state index is 0.494. The lowest BCUT2D eigenvalue weighted by Gasteiger charge is -2.27. The van der Waals surface area contributed by atoms with Crippen molar-refractivity contribution in [2.24, 2.45) is 0 Å². The summed E-state index contributed by atoms with van der Waals surface area (Å²) in [4.78, 5) is 2.41. The molecule has 0 spiro atoms. The van der Waals surface area contributed by atoms with Crippen molar-refractivity contribution in [1.29, 1.82) is 0 Å². The Morgan fingerprint density at radius 2 is 2.20 bits per heavy atom. The monoisotopic (exact) mass is 214 g/mol. The zero-order chi connectivity index (χ0) is 10.9. The third-order valence-corrected chi connectivity index (χ3v) is 3.01. The van der Waals surface area contributed by atoms with E-state index in [1.165, 1.54) is 38.6 Å². The molecule has 1 rings (SSSR count). The Kier molecular flexibility index (Phi) is 6.98. The number of hydrogen-bond acceptors (Lipinski definition) is 3. The third-order valence-electron chi connectivity index (χ3n) is 3.01. The molecule has 0 aromatic heterocycles. The Morgan fingerprint density at radius 1 is 1.33 bits per heavy atom. The predicted molar refractivity (Wildman–Crippen MR) is 64.2 cm³/mol. The molecule has 0 bridgehead atoms. The summed E-state index contributed by atoms with van der Waals surface area (Å²) in [7, 11) is 4.22. The molecule has 90 valence electrons. The molecule has 0 radical (unpaired) electrons. The minimum atomic E-state index is 0.494. The molecular weight excluding hydrogens is 188 g/mol. The van der Waals surface area contributed by atoms with Gasteiger partial charge in [0.25, 0.3) is 0 Å². The first-order valence-electron chi connectivity index (χ1n) is 6.27. The van der Waals surface area contributed by atoms with Gasteiger partial charge >= 0.3 is 0 Å². The van der Waals surface area contributed by atoms with Gasteiger partial charge in [-0.1, -0.05) is 0 Å². The van der Waals surface area contributed by atoms with Crippen LogP contribution in [0.15, 0.2) is 0 Å². The zero-order valence-electron chi connectivity index (χ0n) is 10.3. The lowest BCUT2D eigenvalue weighted by atomic mass is 10.1. The van der Waals surface area contributed by atoms with Crippen LogP contribution in [0.4, 0.5) is 0 Å². The van der Waals surface area contributed by atoms with Crippen LogP contribution in [-0.2, 0) is 4.74 Å². The van der Waals surface area contributed by atoms with Gasteiger partial charge in [-0.05, 0) is 59.3 Å². The Bertz CT molecular complexity index is 147. The van der Waals surface area contributed by atoms with Crippen molar-refractivity contribution < 1.29 is 4.74 Å². The van der Waals surface area contributed by atoms with Crippen LogP contribution in [0.2, 0.25) is 0 Å². The maximum atomic E-state index is 5.72. The van der Waals surface area contributed by atoms with Gasteiger partial charge in [0, 0.05) is 13.2 Å². The van der Waals surface area contributed by atoms with E-state index in [-0.39, 0.29) is 0 Å². The molecule has 1 saturated heterocycles. The molecule has 1 fully saturated rings. The molecule has 0 aliphatic carbocycles. The Morgan fingerprint density at radius 3 is 2.87 bits per heavy atom. The van der Waals surface area contributed by atoms with Crippen LogP contribution in [0.25, 0.3) is 0 Å². The van der Waals surface area contributed by atoms with Gasteiger partial charge in [0.2, 0.25) is 0 Å². The topological polar surface area (TPSA) is 24.5 Å². The Balaban J connectivity index is 1.98. The molecule has 1 heterocycles. The molecular formula is C12H26N2O. The summed E-state index contributed by atoms with van der Waals surface area (Å²) in [6.45, 7) is 4.41. The normalized spacial score (nSPS) is 22.2. The first-order chi connectivity index (χ1) is 7.33. The number of hydrogen-bond donors (Lipinski definition) is 1. The fourth-order valence-corrected chi connectivity index (χ4v) is 2.07. The van der Waals surface area contributed by atoms with Crippen LogP contribution in [0.1, 0.15) is 32.1 Å². The second-order valence-corrected chi connectivity index (χ2v) is 4.56. The van der Waals surface area contributed by atoms with E-state index >= 15 is 0 Å². The first-order valence-corrected chi connectivity index (χ1v) is 6.27. The zero-order valence-corrected chi connectivity index (χ0v) is 10.3. The molecule has 1 atom stereocenters. The molecule has 0 aromatic rings. The van der Waals surface area contributed by atoms with Gasteiger partial charge in [-0.3, -0.25) is 0 Å². The third kappa shape index (κ3) is 6.13. The Hall–Kier alpha value is -0.120. The van der Waals surface area contributed by atoms with Crippen LogP contribution >= 0.6 is 0 Å². The largest absolute Gasteiger partial charge is 0.377 e. The molecule has 1 N–H and O–H groups in total. The van der Waals surface area contributed by atoms with E-state index in [1.807, 2.05) is 7.05 Å². The van der Waals surface area contributed by atoms with Crippen LogP contribution in [0.5, 0.6) is 0 Å². The molecule has 0 amide bonds. The second kappa shape index (κ2) is 8.08. The van der Waals surface area contributed by atoms with Crippen LogP contribution in [0.3, 0.4) is 0 Å². The SMILES string of the molecule is CNCCCCN(C)CC1CCCCO1. The highest BCUT2D eigenvalue weighted by atomic mass is 16.5. The van der Waals surface area contributed by atoms with Crippen molar-refractivity contribution in [1.82, 2.24) is 10.2 Å². The maximum Gasteiger partial charge on any atom is 0.0701 e. The van der Waals surface area contributed by atoms with Crippen LogP contribution < -0.4 is 5.32 Å². The summed E-state index contributed by atoms with van der Waals surface area (Å²) in [6, 6.07) is 0. The number of nitrogens with one attached hydrogen (secondary N) is 1. The summed E-state index contributed by atoms with van der Waals surface area (Å²) in [5.41, 5.74) is 0. The standard InChI is InChI=1S/C12H26N2O/c1-13-8-4-5-9-14(2)11-12-7-3-6-10-15-12/h12-13H,3-11H2,1-2H3. The van der Waals surface area contributed by atoms with Gasteiger partial charge in [-0.15, -0.1) is 0 Å². The van der Waals surface area contributed by atoms with E-state index in [2.05, 4.69) is 17.3 Å². The van der Waals surface area contributed by atoms with Gasteiger partial charge in [-0.25, -0.2) is 0 Å². The van der Waals surface area contributed by atoms with Crippen molar-refractivity contribution >= 4 is 0 Å². The summed E-state index contributed by atoms with van der Waals surface area (Å²) in [5.74, 6) is 0. The molecule has 15 heavy (non-hydrogen) atoms. The van der Waals surface area contributed by atoms with Gasteiger partial charge in [-0.2, -0.15) is 0 Å². The summed E-state index contributed by atoms with van der Waals surface area (Å²) < 4.78 is 5.72. The fourth-order valence-electron chi connectivity index (χ4n) is 2.07. The number of rotatable bonds is 7. The molecule has 1 aliphatic heterocycles. The quantitative estimate of drug-likeness (QED) is 0.650. The predicted octanol–water partition coefficient (Wildman–Crippen LogP) is 1.49. The van der Waals surface area contributed by atoms with Crippen molar-refractivity contribution in [3.8, 4) is 0 Å². The van der Waals surface area contributed by atoms with Crippen molar-refractivity contribution in [2.45, 2.75) is 38.2 Å². The van der Waals surface area contributed by atoms with E-state index in [0.29, 0.717) is 6.10 Å². The molecule has 1 aliphatic rings. The average Bonchev–Trinajstić information content (AvgIpc) is 2.26. The van der Waals surface area contributed by atoms with E-state index in [1.54, 1.807) is 0 Å². The molecule has 0 saturated carbocycles. The second-order valence-electron chi connectivity index (χ2n) is 4.56. The van der Waals surface area contributed by atoms with Gasteiger partial charge in [0.05, 0.1) is 6.10 Å². The number of unbranched alkanes of at least 4 members (excludes halogenated alkanes) is 1. The van der Waals surface area contributed by atoms with E-state index < -0.39 is 0 Å². The highest BCUT2D eigenvalue weighted by Gasteiger charge is 2.15. The van der Waals surface area contributed by atoms with Gasteiger partial charge < -0.3 is 15.0 Å².